The number of nitrogens with one attached hydrogen (secondary N) is 1. The largest absolute Gasteiger partial charge is 0.338 e. The molecule has 1 aromatic carbocycles. The second-order valence-corrected chi connectivity index (χ2v) is 4.95. The molecule has 0 aliphatic carbocycles. The van der Waals surface area contributed by atoms with Crippen LogP contribution in [0.4, 0.5) is 5.69 Å². The minimum atomic E-state index is -0.0480. The van der Waals surface area contributed by atoms with Gasteiger partial charge < -0.3 is 10.3 Å². The van der Waals surface area contributed by atoms with Crippen LogP contribution < -0.4 is 11.3 Å². The van der Waals surface area contributed by atoms with E-state index in [4.69, 9.17) is 5.84 Å². The summed E-state index contributed by atoms with van der Waals surface area (Å²) in [7, 11) is 0. The Morgan fingerprint density at radius 2 is 2.10 bits per heavy atom. The number of anilines is 1. The van der Waals surface area contributed by atoms with Gasteiger partial charge in [-0.3, -0.25) is 10.6 Å². The third-order valence-corrected chi connectivity index (χ3v) is 3.54. The molecule has 112 valence electrons. The quantitative estimate of drug-likeness (QED) is 0.632. The van der Waals surface area contributed by atoms with Crippen LogP contribution in [0.3, 0.4) is 0 Å². The molecule has 2 aromatic rings. The van der Waals surface area contributed by atoms with Crippen molar-refractivity contribution in [3.05, 3.63) is 36.0 Å². The van der Waals surface area contributed by atoms with Crippen LogP contribution in [0.2, 0.25) is 0 Å². The third-order valence-electron chi connectivity index (χ3n) is 3.54. The third kappa shape index (κ3) is 3.31. The molecular weight excluding hydrogens is 264 g/mol. The smallest absolute Gasteiger partial charge is 0.272 e. The summed E-state index contributed by atoms with van der Waals surface area (Å²) in [5, 5.41) is 0.910. The van der Waals surface area contributed by atoms with E-state index >= 15 is 0 Å². The standard InChI is InChI=1S/C16H22N4O/c1-3-5-10-20(4-2)16(21)15-11-14(19-17)12-8-6-7-9-13(12)18-15/h6-9,11H,3-5,10,17H2,1-2H3,(H,18,19). The summed E-state index contributed by atoms with van der Waals surface area (Å²) in [6.07, 6.45) is 2.06. The Morgan fingerprint density at radius 3 is 2.76 bits per heavy atom. The molecule has 5 heteroatoms. The van der Waals surface area contributed by atoms with Crippen molar-refractivity contribution in [2.45, 2.75) is 26.7 Å². The van der Waals surface area contributed by atoms with Crippen LogP contribution in [0.1, 0.15) is 37.2 Å². The summed E-state index contributed by atoms with van der Waals surface area (Å²) in [5.74, 6) is 5.52. The number of fused-ring (bicyclic) bond motifs is 1. The molecular formula is C16H22N4O. The number of rotatable bonds is 6. The number of hydrogen-bond donors (Lipinski definition) is 2. The molecule has 0 saturated carbocycles. The first-order chi connectivity index (χ1) is 10.2. The van der Waals surface area contributed by atoms with Crippen molar-refractivity contribution in [2.75, 3.05) is 18.5 Å². The molecule has 0 fully saturated rings. The van der Waals surface area contributed by atoms with E-state index in [2.05, 4.69) is 17.3 Å². The fourth-order valence-electron chi connectivity index (χ4n) is 2.32. The fourth-order valence-corrected chi connectivity index (χ4v) is 2.32. The van der Waals surface area contributed by atoms with Gasteiger partial charge in [0.25, 0.3) is 5.91 Å². The molecule has 2 rings (SSSR count). The second kappa shape index (κ2) is 7.04. The summed E-state index contributed by atoms with van der Waals surface area (Å²) in [6.45, 7) is 5.53. The van der Waals surface area contributed by atoms with E-state index in [-0.39, 0.29) is 5.91 Å². The zero-order valence-corrected chi connectivity index (χ0v) is 12.6. The molecule has 1 amide bonds. The minimum Gasteiger partial charge on any atom is -0.338 e. The SMILES string of the molecule is CCCCN(CC)C(=O)c1cc(NN)c2ccccc2n1. The molecule has 0 bridgehead atoms. The number of pyridine rings is 1. The molecule has 0 radical (unpaired) electrons. The monoisotopic (exact) mass is 286 g/mol. The maximum Gasteiger partial charge on any atom is 0.272 e. The van der Waals surface area contributed by atoms with Gasteiger partial charge in [-0.05, 0) is 25.5 Å². The first-order valence-electron chi connectivity index (χ1n) is 7.36. The van der Waals surface area contributed by atoms with E-state index in [0.717, 1.165) is 36.0 Å². The number of hydrazine groups is 1. The van der Waals surface area contributed by atoms with E-state index in [0.29, 0.717) is 12.2 Å². The van der Waals surface area contributed by atoms with Gasteiger partial charge >= 0.3 is 0 Å². The van der Waals surface area contributed by atoms with Gasteiger partial charge in [-0.1, -0.05) is 31.5 Å². The van der Waals surface area contributed by atoms with E-state index in [1.54, 1.807) is 6.07 Å². The number of benzene rings is 1. The van der Waals surface area contributed by atoms with E-state index < -0.39 is 0 Å². The lowest BCUT2D eigenvalue weighted by molar-refractivity contribution is 0.0757. The number of nitrogens with two attached hydrogens (primary N) is 1. The topological polar surface area (TPSA) is 71.2 Å². The highest BCUT2D eigenvalue weighted by molar-refractivity contribution is 5.99. The average molecular weight is 286 g/mol. The van der Waals surface area contributed by atoms with Gasteiger partial charge in [0.05, 0.1) is 11.2 Å². The van der Waals surface area contributed by atoms with Gasteiger partial charge in [0.2, 0.25) is 0 Å². The van der Waals surface area contributed by atoms with Gasteiger partial charge in [-0.2, -0.15) is 0 Å². The predicted octanol–water partition coefficient (Wildman–Crippen LogP) is 2.78. The Morgan fingerprint density at radius 1 is 1.33 bits per heavy atom. The lowest BCUT2D eigenvalue weighted by Gasteiger charge is -2.20. The Kier molecular flexibility index (Phi) is 5.11. The highest BCUT2D eigenvalue weighted by Gasteiger charge is 2.17. The van der Waals surface area contributed by atoms with E-state index in [9.17, 15) is 4.79 Å². The number of para-hydroxylation sites is 1. The van der Waals surface area contributed by atoms with E-state index in [1.165, 1.54) is 0 Å². The summed E-state index contributed by atoms with van der Waals surface area (Å²) in [4.78, 5) is 18.9. The van der Waals surface area contributed by atoms with Crippen LogP contribution in [0.5, 0.6) is 0 Å². The van der Waals surface area contributed by atoms with Crippen molar-refractivity contribution in [1.82, 2.24) is 9.88 Å². The van der Waals surface area contributed by atoms with Crippen LogP contribution in [-0.2, 0) is 0 Å². The maximum absolute atomic E-state index is 12.6. The molecule has 1 aromatic heterocycles. The first-order valence-corrected chi connectivity index (χ1v) is 7.36. The molecule has 1 heterocycles. The van der Waals surface area contributed by atoms with Gasteiger partial charge in [0, 0.05) is 18.5 Å². The highest BCUT2D eigenvalue weighted by Crippen LogP contribution is 2.22. The van der Waals surface area contributed by atoms with Crippen molar-refractivity contribution >= 4 is 22.5 Å². The summed E-state index contributed by atoms with van der Waals surface area (Å²) < 4.78 is 0. The molecule has 3 N–H and O–H groups in total. The molecule has 0 atom stereocenters. The molecule has 0 spiro atoms. The van der Waals surface area contributed by atoms with Crippen LogP contribution in [-0.4, -0.2) is 28.9 Å². The van der Waals surface area contributed by atoms with Crippen molar-refractivity contribution in [1.29, 1.82) is 0 Å². The number of amides is 1. The van der Waals surface area contributed by atoms with Crippen LogP contribution >= 0.6 is 0 Å². The van der Waals surface area contributed by atoms with Crippen LogP contribution in [0.15, 0.2) is 30.3 Å². The fraction of sp³-hybridized carbons (Fsp3) is 0.375. The normalized spacial score (nSPS) is 10.6. The Labute approximate surface area is 125 Å². The number of carbonyl (C=O) groups excluding carboxylic acids is 1. The lowest BCUT2D eigenvalue weighted by atomic mass is 10.1. The second-order valence-electron chi connectivity index (χ2n) is 4.95. The number of hydrogen-bond acceptors (Lipinski definition) is 4. The number of carbonyl (C=O) groups is 1. The maximum atomic E-state index is 12.6. The summed E-state index contributed by atoms with van der Waals surface area (Å²) >= 11 is 0. The Hall–Kier alpha value is -2.14. The molecule has 0 unspecified atom stereocenters. The molecule has 21 heavy (non-hydrogen) atoms. The Balaban J connectivity index is 2.38. The molecule has 0 saturated heterocycles. The van der Waals surface area contributed by atoms with Crippen LogP contribution in [0.25, 0.3) is 10.9 Å². The van der Waals surface area contributed by atoms with E-state index in [1.807, 2.05) is 36.1 Å². The first kappa shape index (κ1) is 15.3. The van der Waals surface area contributed by atoms with Gasteiger partial charge in [0.15, 0.2) is 0 Å². The van der Waals surface area contributed by atoms with Gasteiger partial charge in [-0.15, -0.1) is 0 Å². The highest BCUT2D eigenvalue weighted by atomic mass is 16.2. The summed E-state index contributed by atoms with van der Waals surface area (Å²) in [6, 6.07) is 9.36. The number of nitrogen functional groups attached to an aromatic ring is 1. The summed E-state index contributed by atoms with van der Waals surface area (Å²) in [5.41, 5.74) is 4.57. The molecule has 0 aliphatic rings. The average Bonchev–Trinajstić information content (AvgIpc) is 2.54. The zero-order valence-electron chi connectivity index (χ0n) is 12.6. The molecule has 5 nitrogen and oxygen atoms in total. The van der Waals surface area contributed by atoms with Crippen LogP contribution in [0, 0.1) is 0 Å². The number of nitrogens with zero attached hydrogens (tertiary/aromatic N) is 2. The Bertz CT molecular complexity index is 627. The lowest BCUT2D eigenvalue weighted by Crippen LogP contribution is -2.32. The predicted molar refractivity (Wildman–Crippen MR) is 86.0 cm³/mol. The van der Waals surface area contributed by atoms with Gasteiger partial charge in [0.1, 0.15) is 5.69 Å². The molecule has 0 aliphatic heterocycles. The number of unbranched alkanes of at least 4 members (excludes halogenated alkanes) is 1. The zero-order chi connectivity index (χ0) is 15.2. The van der Waals surface area contributed by atoms with Crippen molar-refractivity contribution in [3.8, 4) is 0 Å². The van der Waals surface area contributed by atoms with Crippen molar-refractivity contribution in [3.63, 3.8) is 0 Å². The van der Waals surface area contributed by atoms with Crippen molar-refractivity contribution < 1.29 is 4.79 Å². The van der Waals surface area contributed by atoms with Gasteiger partial charge in [-0.25, -0.2) is 4.98 Å². The van der Waals surface area contributed by atoms with Crippen molar-refractivity contribution in [2.24, 2.45) is 5.84 Å². The number of aromatic nitrogens is 1. The minimum absolute atomic E-state index is 0.0480.